The van der Waals surface area contributed by atoms with Crippen LogP contribution < -0.4 is 15.5 Å². The Kier molecular flexibility index (Phi) is 4.79. The fourth-order valence-electron chi connectivity index (χ4n) is 3.12. The van der Waals surface area contributed by atoms with Crippen LogP contribution in [0.25, 0.3) is 0 Å². The number of amides is 3. The van der Waals surface area contributed by atoms with Gasteiger partial charge in [-0.15, -0.1) is 0 Å². The molecule has 1 aliphatic carbocycles. The SMILES string of the molecule is C[C@H](CC1CC1)NC(=O)N[C@@H]1CCCN(c2cccnc2)C1=O. The van der Waals surface area contributed by atoms with E-state index < -0.39 is 6.04 Å². The molecule has 23 heavy (non-hydrogen) atoms. The van der Waals surface area contributed by atoms with Crippen molar-refractivity contribution in [1.82, 2.24) is 15.6 Å². The molecule has 0 unspecified atom stereocenters. The van der Waals surface area contributed by atoms with Gasteiger partial charge in [-0.25, -0.2) is 4.79 Å². The summed E-state index contributed by atoms with van der Waals surface area (Å²) in [4.78, 5) is 30.5. The van der Waals surface area contributed by atoms with Gasteiger partial charge in [0, 0.05) is 18.8 Å². The van der Waals surface area contributed by atoms with Gasteiger partial charge in [-0.05, 0) is 44.2 Å². The average Bonchev–Trinajstić information content (AvgIpc) is 3.34. The number of carbonyl (C=O) groups is 2. The molecule has 3 amide bonds. The minimum Gasteiger partial charge on any atom is -0.336 e. The van der Waals surface area contributed by atoms with E-state index in [1.807, 2.05) is 19.1 Å². The number of anilines is 1. The quantitative estimate of drug-likeness (QED) is 0.873. The predicted octanol–water partition coefficient (Wildman–Crippen LogP) is 2.06. The number of aromatic nitrogens is 1. The molecule has 6 nitrogen and oxygen atoms in total. The maximum absolute atomic E-state index is 12.6. The molecule has 2 fully saturated rings. The molecule has 1 aromatic heterocycles. The van der Waals surface area contributed by atoms with E-state index in [2.05, 4.69) is 15.6 Å². The van der Waals surface area contributed by atoms with Crippen LogP contribution in [0.3, 0.4) is 0 Å². The summed E-state index contributed by atoms with van der Waals surface area (Å²) in [7, 11) is 0. The Morgan fingerprint density at radius 2 is 2.26 bits per heavy atom. The predicted molar refractivity (Wildman–Crippen MR) is 88.1 cm³/mol. The van der Waals surface area contributed by atoms with Crippen LogP contribution in [0.4, 0.5) is 10.5 Å². The van der Waals surface area contributed by atoms with Gasteiger partial charge in [-0.2, -0.15) is 0 Å². The van der Waals surface area contributed by atoms with Gasteiger partial charge in [0.1, 0.15) is 6.04 Å². The molecule has 2 heterocycles. The van der Waals surface area contributed by atoms with Crippen molar-refractivity contribution in [3.8, 4) is 0 Å². The Morgan fingerprint density at radius 1 is 1.43 bits per heavy atom. The van der Waals surface area contributed by atoms with Crippen LogP contribution in [0.5, 0.6) is 0 Å². The van der Waals surface area contributed by atoms with Crippen molar-refractivity contribution in [2.24, 2.45) is 5.92 Å². The second-order valence-corrected chi connectivity index (χ2v) is 6.59. The zero-order chi connectivity index (χ0) is 16.2. The van der Waals surface area contributed by atoms with Gasteiger partial charge in [0.05, 0.1) is 11.9 Å². The first-order valence-electron chi connectivity index (χ1n) is 8.42. The molecule has 2 atom stereocenters. The summed E-state index contributed by atoms with van der Waals surface area (Å²) in [5, 5.41) is 5.77. The number of urea groups is 1. The highest BCUT2D eigenvalue weighted by molar-refractivity contribution is 5.99. The Morgan fingerprint density at radius 3 is 2.96 bits per heavy atom. The smallest absolute Gasteiger partial charge is 0.315 e. The van der Waals surface area contributed by atoms with Crippen molar-refractivity contribution in [2.75, 3.05) is 11.4 Å². The van der Waals surface area contributed by atoms with Gasteiger partial charge >= 0.3 is 6.03 Å². The van der Waals surface area contributed by atoms with Gasteiger partial charge in [-0.3, -0.25) is 9.78 Å². The first-order valence-corrected chi connectivity index (χ1v) is 8.42. The highest BCUT2D eigenvalue weighted by Gasteiger charge is 2.31. The van der Waals surface area contributed by atoms with Crippen LogP contribution in [0, 0.1) is 5.92 Å². The Bertz CT molecular complexity index is 559. The Hall–Kier alpha value is -2.11. The second-order valence-electron chi connectivity index (χ2n) is 6.59. The molecule has 0 spiro atoms. The first kappa shape index (κ1) is 15.8. The Labute approximate surface area is 136 Å². The van der Waals surface area contributed by atoms with E-state index in [1.54, 1.807) is 17.3 Å². The van der Waals surface area contributed by atoms with Crippen LogP contribution in [-0.4, -0.2) is 35.6 Å². The lowest BCUT2D eigenvalue weighted by atomic mass is 10.0. The van der Waals surface area contributed by atoms with Crippen LogP contribution in [0.15, 0.2) is 24.5 Å². The summed E-state index contributed by atoms with van der Waals surface area (Å²) in [6, 6.07) is 3.12. The van der Waals surface area contributed by atoms with Crippen molar-refractivity contribution in [2.45, 2.75) is 51.1 Å². The molecular formula is C17H24N4O2. The van der Waals surface area contributed by atoms with E-state index in [0.29, 0.717) is 13.0 Å². The molecular weight excluding hydrogens is 292 g/mol. The number of hydrogen-bond donors (Lipinski definition) is 2. The fraction of sp³-hybridized carbons (Fsp3) is 0.588. The lowest BCUT2D eigenvalue weighted by Gasteiger charge is -2.32. The van der Waals surface area contributed by atoms with Crippen LogP contribution in [-0.2, 0) is 4.79 Å². The molecule has 0 bridgehead atoms. The summed E-state index contributed by atoms with van der Waals surface area (Å²) in [6.45, 7) is 2.69. The average molecular weight is 316 g/mol. The van der Waals surface area contributed by atoms with Crippen LogP contribution in [0.2, 0.25) is 0 Å². The van der Waals surface area contributed by atoms with Gasteiger partial charge in [0.2, 0.25) is 5.91 Å². The third kappa shape index (κ3) is 4.21. The van der Waals surface area contributed by atoms with Crippen LogP contribution >= 0.6 is 0 Å². The van der Waals surface area contributed by atoms with Crippen molar-refractivity contribution in [3.63, 3.8) is 0 Å². The number of rotatable bonds is 5. The molecule has 2 N–H and O–H groups in total. The lowest BCUT2D eigenvalue weighted by molar-refractivity contribution is -0.121. The first-order chi connectivity index (χ1) is 11.1. The van der Waals surface area contributed by atoms with E-state index in [1.165, 1.54) is 12.8 Å². The molecule has 1 aliphatic heterocycles. The number of piperidine rings is 1. The number of nitrogens with one attached hydrogen (secondary N) is 2. The van der Waals surface area contributed by atoms with E-state index in [4.69, 9.17) is 0 Å². The molecule has 1 aromatic rings. The van der Waals surface area contributed by atoms with Gasteiger partial charge in [0.25, 0.3) is 0 Å². The zero-order valence-electron chi connectivity index (χ0n) is 13.5. The monoisotopic (exact) mass is 316 g/mol. The summed E-state index contributed by atoms with van der Waals surface area (Å²) in [5.74, 6) is 0.705. The van der Waals surface area contributed by atoms with Crippen LogP contribution in [0.1, 0.15) is 39.0 Å². The molecule has 124 valence electrons. The van der Waals surface area contributed by atoms with E-state index in [0.717, 1.165) is 24.4 Å². The standard InChI is InChI=1S/C17H24N4O2/c1-12(10-13-6-7-13)19-17(23)20-15-5-3-9-21(16(15)22)14-4-2-8-18-11-14/h2,4,8,11-13,15H,3,5-7,9-10H2,1H3,(H2,19,20,23)/t12-,15-/m1/s1. The molecule has 0 radical (unpaired) electrons. The molecule has 2 aliphatic rings. The summed E-state index contributed by atoms with van der Waals surface area (Å²) < 4.78 is 0. The van der Waals surface area contributed by atoms with Crippen molar-refractivity contribution < 1.29 is 9.59 Å². The van der Waals surface area contributed by atoms with Gasteiger partial charge in [-0.1, -0.05) is 12.8 Å². The normalized spacial score (nSPS) is 22.6. The largest absolute Gasteiger partial charge is 0.336 e. The minimum absolute atomic E-state index is 0.0609. The number of hydrogen-bond acceptors (Lipinski definition) is 3. The van der Waals surface area contributed by atoms with E-state index in [9.17, 15) is 9.59 Å². The third-order valence-electron chi connectivity index (χ3n) is 4.46. The summed E-state index contributed by atoms with van der Waals surface area (Å²) >= 11 is 0. The number of nitrogens with zero attached hydrogens (tertiary/aromatic N) is 2. The molecule has 3 rings (SSSR count). The maximum Gasteiger partial charge on any atom is 0.315 e. The molecule has 1 saturated carbocycles. The summed E-state index contributed by atoms with van der Waals surface area (Å²) in [5.41, 5.74) is 0.784. The molecule has 6 heteroatoms. The zero-order valence-corrected chi connectivity index (χ0v) is 13.5. The second kappa shape index (κ2) is 6.98. The highest BCUT2D eigenvalue weighted by atomic mass is 16.2. The lowest BCUT2D eigenvalue weighted by Crippen LogP contribution is -2.55. The van der Waals surface area contributed by atoms with Crippen molar-refractivity contribution >= 4 is 17.6 Å². The van der Waals surface area contributed by atoms with Crippen molar-refractivity contribution in [3.05, 3.63) is 24.5 Å². The Balaban J connectivity index is 1.54. The minimum atomic E-state index is -0.461. The van der Waals surface area contributed by atoms with Gasteiger partial charge in [0.15, 0.2) is 0 Å². The fourth-order valence-corrected chi connectivity index (χ4v) is 3.12. The van der Waals surface area contributed by atoms with E-state index in [-0.39, 0.29) is 18.0 Å². The summed E-state index contributed by atoms with van der Waals surface area (Å²) in [6.07, 6.45) is 8.47. The molecule has 0 aromatic carbocycles. The third-order valence-corrected chi connectivity index (χ3v) is 4.46. The van der Waals surface area contributed by atoms with E-state index >= 15 is 0 Å². The number of pyridine rings is 1. The highest BCUT2D eigenvalue weighted by Crippen LogP contribution is 2.33. The van der Waals surface area contributed by atoms with Gasteiger partial charge < -0.3 is 15.5 Å². The number of carbonyl (C=O) groups excluding carboxylic acids is 2. The molecule has 1 saturated heterocycles. The topological polar surface area (TPSA) is 74.3 Å². The van der Waals surface area contributed by atoms with Crippen molar-refractivity contribution in [1.29, 1.82) is 0 Å². The maximum atomic E-state index is 12.6.